The quantitative estimate of drug-likeness (QED) is 0.852. The Hall–Kier alpha value is -1.50. The molecule has 0 bridgehead atoms. The molecule has 0 spiro atoms. The molecule has 124 valence electrons. The standard InChI is InChI=1S/C17H24N4OS/c1-3-22-11-16-20-14-7-9-18-8-6-13(14)17(21-16)19-12(2)15-5-4-10-23-15/h4-5,10,12,18H,3,6-9,11H2,1-2H3,(H,19,20,21)/t12-/m1/s1. The van der Waals surface area contributed by atoms with Crippen molar-refractivity contribution in [3.63, 3.8) is 0 Å². The van der Waals surface area contributed by atoms with E-state index in [4.69, 9.17) is 14.7 Å². The summed E-state index contributed by atoms with van der Waals surface area (Å²) in [5.41, 5.74) is 2.40. The summed E-state index contributed by atoms with van der Waals surface area (Å²) in [5.74, 6) is 1.74. The van der Waals surface area contributed by atoms with Crippen molar-refractivity contribution < 1.29 is 4.74 Å². The van der Waals surface area contributed by atoms with Gasteiger partial charge in [-0.2, -0.15) is 0 Å². The summed E-state index contributed by atoms with van der Waals surface area (Å²) >= 11 is 1.77. The summed E-state index contributed by atoms with van der Waals surface area (Å²) in [4.78, 5) is 10.8. The molecule has 0 amide bonds. The third kappa shape index (κ3) is 4.07. The van der Waals surface area contributed by atoms with Crippen LogP contribution in [0.5, 0.6) is 0 Å². The monoisotopic (exact) mass is 332 g/mol. The summed E-state index contributed by atoms with van der Waals surface area (Å²) in [6.07, 6.45) is 1.91. The van der Waals surface area contributed by atoms with Gasteiger partial charge in [-0.3, -0.25) is 0 Å². The zero-order valence-corrected chi connectivity index (χ0v) is 14.6. The lowest BCUT2D eigenvalue weighted by atomic mass is 10.1. The maximum atomic E-state index is 5.51. The van der Waals surface area contributed by atoms with E-state index in [1.807, 2.05) is 6.92 Å². The van der Waals surface area contributed by atoms with Crippen molar-refractivity contribution in [3.05, 3.63) is 39.5 Å². The molecule has 0 aromatic carbocycles. The van der Waals surface area contributed by atoms with Gasteiger partial charge in [-0.1, -0.05) is 6.07 Å². The van der Waals surface area contributed by atoms with Gasteiger partial charge in [-0.15, -0.1) is 11.3 Å². The molecule has 0 saturated heterocycles. The van der Waals surface area contributed by atoms with Gasteiger partial charge in [-0.05, 0) is 38.3 Å². The molecule has 1 aliphatic heterocycles. The van der Waals surface area contributed by atoms with E-state index in [1.165, 1.54) is 10.4 Å². The van der Waals surface area contributed by atoms with Gasteiger partial charge in [0.25, 0.3) is 0 Å². The minimum Gasteiger partial charge on any atom is -0.374 e. The lowest BCUT2D eigenvalue weighted by Crippen LogP contribution is -2.16. The van der Waals surface area contributed by atoms with E-state index in [0.29, 0.717) is 13.2 Å². The zero-order valence-electron chi connectivity index (χ0n) is 13.8. The van der Waals surface area contributed by atoms with E-state index in [1.54, 1.807) is 11.3 Å². The van der Waals surface area contributed by atoms with E-state index in [0.717, 1.165) is 43.3 Å². The minimum absolute atomic E-state index is 0.241. The summed E-state index contributed by atoms with van der Waals surface area (Å²) in [6, 6.07) is 4.48. The highest BCUT2D eigenvalue weighted by molar-refractivity contribution is 7.10. The molecule has 1 atom stereocenters. The second kappa shape index (κ2) is 7.86. The van der Waals surface area contributed by atoms with E-state index >= 15 is 0 Å². The van der Waals surface area contributed by atoms with Gasteiger partial charge in [0.05, 0.1) is 11.7 Å². The summed E-state index contributed by atoms with van der Waals surface area (Å²) in [6.45, 7) is 7.26. The first-order chi connectivity index (χ1) is 11.3. The van der Waals surface area contributed by atoms with Crippen LogP contribution in [0.1, 0.15) is 41.8 Å². The highest BCUT2D eigenvalue weighted by Gasteiger charge is 2.18. The third-order valence-electron chi connectivity index (χ3n) is 3.99. The lowest BCUT2D eigenvalue weighted by Gasteiger charge is -2.18. The molecule has 0 aliphatic carbocycles. The Kier molecular flexibility index (Phi) is 5.59. The number of hydrogen-bond acceptors (Lipinski definition) is 6. The molecule has 2 aromatic rings. The van der Waals surface area contributed by atoms with Gasteiger partial charge >= 0.3 is 0 Å². The van der Waals surface area contributed by atoms with Crippen molar-refractivity contribution in [2.45, 2.75) is 39.3 Å². The van der Waals surface area contributed by atoms with Crippen LogP contribution in [0.4, 0.5) is 5.82 Å². The van der Waals surface area contributed by atoms with Crippen LogP contribution in [0.2, 0.25) is 0 Å². The van der Waals surface area contributed by atoms with Crippen LogP contribution in [0.25, 0.3) is 0 Å². The number of fused-ring (bicyclic) bond motifs is 1. The number of thiophene rings is 1. The smallest absolute Gasteiger partial charge is 0.156 e. The van der Waals surface area contributed by atoms with Crippen LogP contribution in [-0.2, 0) is 24.2 Å². The topological polar surface area (TPSA) is 59.1 Å². The van der Waals surface area contributed by atoms with Crippen molar-refractivity contribution in [3.8, 4) is 0 Å². The van der Waals surface area contributed by atoms with Crippen LogP contribution >= 0.6 is 11.3 Å². The molecule has 23 heavy (non-hydrogen) atoms. The molecule has 6 heteroatoms. The van der Waals surface area contributed by atoms with Crippen molar-refractivity contribution in [2.75, 3.05) is 25.0 Å². The average molecular weight is 332 g/mol. The van der Waals surface area contributed by atoms with Crippen LogP contribution in [-0.4, -0.2) is 29.7 Å². The number of anilines is 1. The van der Waals surface area contributed by atoms with Crippen LogP contribution in [0.3, 0.4) is 0 Å². The maximum absolute atomic E-state index is 5.51. The number of hydrogen-bond donors (Lipinski definition) is 2. The Labute approximate surface area is 141 Å². The second-order valence-electron chi connectivity index (χ2n) is 5.68. The first-order valence-electron chi connectivity index (χ1n) is 8.25. The summed E-state index contributed by atoms with van der Waals surface area (Å²) in [7, 11) is 0. The van der Waals surface area contributed by atoms with Crippen molar-refractivity contribution in [1.29, 1.82) is 0 Å². The van der Waals surface area contributed by atoms with E-state index in [9.17, 15) is 0 Å². The van der Waals surface area contributed by atoms with Gasteiger partial charge in [0, 0.05) is 30.0 Å². The van der Waals surface area contributed by atoms with Crippen molar-refractivity contribution >= 4 is 17.2 Å². The second-order valence-corrected chi connectivity index (χ2v) is 6.66. The van der Waals surface area contributed by atoms with Crippen molar-refractivity contribution in [2.24, 2.45) is 0 Å². The van der Waals surface area contributed by atoms with Gasteiger partial charge in [0.2, 0.25) is 0 Å². The maximum Gasteiger partial charge on any atom is 0.156 e. The Morgan fingerprint density at radius 3 is 3.00 bits per heavy atom. The Morgan fingerprint density at radius 2 is 2.22 bits per heavy atom. The van der Waals surface area contributed by atoms with Gasteiger partial charge < -0.3 is 15.4 Å². The molecular weight excluding hydrogens is 308 g/mol. The minimum atomic E-state index is 0.241. The Balaban J connectivity index is 1.89. The Morgan fingerprint density at radius 1 is 1.35 bits per heavy atom. The van der Waals surface area contributed by atoms with Crippen molar-refractivity contribution in [1.82, 2.24) is 15.3 Å². The van der Waals surface area contributed by atoms with Crippen LogP contribution < -0.4 is 10.6 Å². The average Bonchev–Trinajstić information content (AvgIpc) is 2.99. The number of rotatable bonds is 6. The highest BCUT2D eigenvalue weighted by Crippen LogP contribution is 2.26. The van der Waals surface area contributed by atoms with Crippen LogP contribution in [0.15, 0.2) is 17.5 Å². The molecule has 0 unspecified atom stereocenters. The predicted octanol–water partition coefficient (Wildman–Crippen LogP) is 2.94. The molecule has 1 aliphatic rings. The SMILES string of the molecule is CCOCc1nc2c(c(N[C@H](C)c3cccs3)n1)CCNCC2. The van der Waals surface area contributed by atoms with Gasteiger partial charge in [0.15, 0.2) is 5.82 Å². The first kappa shape index (κ1) is 16.4. The molecule has 0 saturated carbocycles. The molecule has 0 radical (unpaired) electrons. The highest BCUT2D eigenvalue weighted by atomic mass is 32.1. The van der Waals surface area contributed by atoms with Gasteiger partial charge in [-0.25, -0.2) is 9.97 Å². The normalized spacial score (nSPS) is 15.7. The third-order valence-corrected chi connectivity index (χ3v) is 5.04. The van der Waals surface area contributed by atoms with E-state index in [2.05, 4.69) is 35.1 Å². The Bertz CT molecular complexity index is 630. The first-order valence-corrected chi connectivity index (χ1v) is 9.13. The molecule has 3 heterocycles. The number of nitrogens with zero attached hydrogens (tertiary/aromatic N) is 2. The summed E-state index contributed by atoms with van der Waals surface area (Å²) < 4.78 is 5.51. The molecule has 5 nitrogen and oxygen atoms in total. The molecule has 2 aromatic heterocycles. The number of nitrogens with one attached hydrogen (secondary N) is 2. The largest absolute Gasteiger partial charge is 0.374 e. The molecule has 0 fully saturated rings. The lowest BCUT2D eigenvalue weighted by molar-refractivity contribution is 0.128. The molecule has 2 N–H and O–H groups in total. The fourth-order valence-electron chi connectivity index (χ4n) is 2.79. The number of aromatic nitrogens is 2. The molecular formula is C17H24N4OS. The zero-order chi connectivity index (χ0) is 16.1. The summed E-state index contributed by atoms with van der Waals surface area (Å²) in [5, 5.41) is 9.14. The predicted molar refractivity (Wildman–Crippen MR) is 94.0 cm³/mol. The number of ether oxygens (including phenoxy) is 1. The fraction of sp³-hybridized carbons (Fsp3) is 0.529. The van der Waals surface area contributed by atoms with Gasteiger partial charge in [0.1, 0.15) is 12.4 Å². The van der Waals surface area contributed by atoms with E-state index in [-0.39, 0.29) is 6.04 Å². The van der Waals surface area contributed by atoms with E-state index < -0.39 is 0 Å². The van der Waals surface area contributed by atoms with Crippen LogP contribution in [0, 0.1) is 0 Å². The molecule has 3 rings (SSSR count). The fourth-order valence-corrected chi connectivity index (χ4v) is 3.52.